The van der Waals surface area contributed by atoms with Crippen LogP contribution in [0.15, 0.2) is 0 Å². The second kappa shape index (κ2) is 5.34. The van der Waals surface area contributed by atoms with E-state index in [4.69, 9.17) is 10.5 Å². The lowest BCUT2D eigenvalue weighted by atomic mass is 10.1. The highest BCUT2D eigenvalue weighted by Gasteiger charge is 2.28. The molecule has 102 valence electrons. The number of aryl methyl sites for hydroxylation is 2. The molecule has 1 rings (SSSR count). The van der Waals surface area contributed by atoms with Crippen molar-refractivity contribution in [1.82, 2.24) is 9.78 Å². The highest BCUT2D eigenvalue weighted by molar-refractivity contribution is 5.45. The zero-order chi connectivity index (χ0) is 13.9. The summed E-state index contributed by atoms with van der Waals surface area (Å²) in [5, 5.41) is 15.2. The molecular formula is C11H20N4O3. The molecular weight excluding hydrogens is 236 g/mol. The van der Waals surface area contributed by atoms with Crippen LogP contribution in [0.1, 0.15) is 32.9 Å². The fraction of sp³-hybridized carbons (Fsp3) is 0.727. The summed E-state index contributed by atoms with van der Waals surface area (Å²) in [5.41, 5.74) is 5.55. The second-order valence-electron chi connectivity index (χ2n) is 5.00. The van der Waals surface area contributed by atoms with Crippen molar-refractivity contribution in [3.8, 4) is 5.88 Å². The summed E-state index contributed by atoms with van der Waals surface area (Å²) in [6.45, 7) is 7.94. The largest absolute Gasteiger partial charge is 0.471 e. The molecule has 0 aliphatic rings. The fourth-order valence-corrected chi connectivity index (χ4v) is 1.52. The molecule has 1 heterocycles. The van der Waals surface area contributed by atoms with Gasteiger partial charge in [-0.15, -0.1) is 0 Å². The van der Waals surface area contributed by atoms with E-state index >= 15 is 0 Å². The maximum atomic E-state index is 11.0. The monoisotopic (exact) mass is 256 g/mol. The lowest BCUT2D eigenvalue weighted by Crippen LogP contribution is -2.39. The first-order chi connectivity index (χ1) is 8.26. The van der Waals surface area contributed by atoms with Crippen LogP contribution in [-0.4, -0.2) is 26.8 Å². The van der Waals surface area contributed by atoms with Crippen LogP contribution < -0.4 is 10.5 Å². The predicted molar refractivity (Wildman–Crippen MR) is 67.7 cm³/mol. The number of rotatable bonds is 6. The Hall–Kier alpha value is -1.63. The van der Waals surface area contributed by atoms with Crippen LogP contribution in [0.25, 0.3) is 0 Å². The normalized spacial score (nSPS) is 11.6. The summed E-state index contributed by atoms with van der Waals surface area (Å²) >= 11 is 0. The van der Waals surface area contributed by atoms with E-state index in [0.717, 1.165) is 6.42 Å². The highest BCUT2D eigenvalue weighted by atomic mass is 16.6. The van der Waals surface area contributed by atoms with Crippen molar-refractivity contribution in [1.29, 1.82) is 0 Å². The number of ether oxygens (including phenoxy) is 1. The minimum absolute atomic E-state index is 0.0762. The first kappa shape index (κ1) is 14.4. The third-order valence-electron chi connectivity index (χ3n) is 2.25. The van der Waals surface area contributed by atoms with Gasteiger partial charge >= 0.3 is 5.69 Å². The van der Waals surface area contributed by atoms with Gasteiger partial charge in [-0.3, -0.25) is 10.1 Å². The van der Waals surface area contributed by atoms with Crippen LogP contribution >= 0.6 is 0 Å². The molecule has 2 N–H and O–H groups in total. The van der Waals surface area contributed by atoms with Gasteiger partial charge in [-0.25, -0.2) is 4.68 Å². The van der Waals surface area contributed by atoms with Crippen LogP contribution in [0.5, 0.6) is 5.88 Å². The molecule has 0 atom stereocenters. The summed E-state index contributed by atoms with van der Waals surface area (Å²) in [5.74, 6) is 0.192. The number of nitrogens with zero attached hydrogens (tertiary/aromatic N) is 3. The summed E-state index contributed by atoms with van der Waals surface area (Å²) in [4.78, 5) is 10.6. The average Bonchev–Trinajstić information content (AvgIpc) is 2.51. The Morgan fingerprint density at radius 1 is 1.56 bits per heavy atom. The molecule has 0 radical (unpaired) electrons. The predicted octanol–water partition coefficient (Wildman–Crippen LogP) is 1.63. The number of hydrogen-bond acceptors (Lipinski definition) is 5. The Bertz CT molecular complexity index is 434. The maximum absolute atomic E-state index is 11.0. The van der Waals surface area contributed by atoms with Crippen LogP contribution in [0.4, 0.5) is 5.69 Å². The standard InChI is InChI=1S/C11H20N4O3/c1-5-6-14-10(18-7-11(3,4)12)9(15(16)17)8(2)13-14/h5-7,12H2,1-4H3. The van der Waals surface area contributed by atoms with Gasteiger partial charge in [0.15, 0.2) is 0 Å². The van der Waals surface area contributed by atoms with E-state index in [-0.39, 0.29) is 18.2 Å². The molecule has 0 fully saturated rings. The molecule has 0 bridgehead atoms. The van der Waals surface area contributed by atoms with Crippen molar-refractivity contribution in [3.63, 3.8) is 0 Å². The quantitative estimate of drug-likeness (QED) is 0.616. The maximum Gasteiger partial charge on any atom is 0.353 e. The van der Waals surface area contributed by atoms with Crippen LogP contribution in [-0.2, 0) is 6.54 Å². The molecule has 0 aliphatic heterocycles. The molecule has 18 heavy (non-hydrogen) atoms. The van der Waals surface area contributed by atoms with E-state index in [2.05, 4.69) is 5.10 Å². The fourth-order valence-electron chi connectivity index (χ4n) is 1.52. The molecule has 0 aromatic carbocycles. The molecule has 7 heteroatoms. The van der Waals surface area contributed by atoms with Gasteiger partial charge in [0, 0.05) is 12.1 Å². The number of nitro groups is 1. The zero-order valence-corrected chi connectivity index (χ0v) is 11.3. The molecule has 0 saturated carbocycles. The molecule has 0 spiro atoms. The molecule has 0 unspecified atom stereocenters. The van der Waals surface area contributed by atoms with Crippen molar-refractivity contribution in [3.05, 3.63) is 15.8 Å². The molecule has 7 nitrogen and oxygen atoms in total. The summed E-state index contributed by atoms with van der Waals surface area (Å²) in [7, 11) is 0. The lowest BCUT2D eigenvalue weighted by Gasteiger charge is -2.18. The summed E-state index contributed by atoms with van der Waals surface area (Å²) in [6.07, 6.45) is 0.820. The third kappa shape index (κ3) is 3.43. The van der Waals surface area contributed by atoms with E-state index in [1.807, 2.05) is 6.92 Å². The van der Waals surface area contributed by atoms with Gasteiger partial charge in [0.1, 0.15) is 12.3 Å². The van der Waals surface area contributed by atoms with Gasteiger partial charge < -0.3 is 10.5 Å². The zero-order valence-electron chi connectivity index (χ0n) is 11.3. The van der Waals surface area contributed by atoms with E-state index in [9.17, 15) is 10.1 Å². The van der Waals surface area contributed by atoms with Crippen molar-refractivity contribution in [2.24, 2.45) is 5.73 Å². The molecule has 0 saturated heterocycles. The smallest absolute Gasteiger partial charge is 0.353 e. The van der Waals surface area contributed by atoms with Gasteiger partial charge in [-0.2, -0.15) is 5.10 Å². The van der Waals surface area contributed by atoms with Gasteiger partial charge in [0.2, 0.25) is 0 Å². The minimum Gasteiger partial charge on any atom is -0.471 e. The van der Waals surface area contributed by atoms with E-state index in [1.54, 1.807) is 20.8 Å². The topological polar surface area (TPSA) is 96.2 Å². The SMILES string of the molecule is CCCn1nc(C)c([N+](=O)[O-])c1OCC(C)(C)N. The van der Waals surface area contributed by atoms with Gasteiger partial charge in [-0.1, -0.05) is 6.92 Å². The highest BCUT2D eigenvalue weighted by Crippen LogP contribution is 2.31. The number of hydrogen-bond donors (Lipinski definition) is 1. The molecule has 0 amide bonds. The first-order valence-electron chi connectivity index (χ1n) is 5.89. The Balaban J connectivity index is 3.07. The number of nitrogens with two attached hydrogens (primary N) is 1. The van der Waals surface area contributed by atoms with Crippen molar-refractivity contribution >= 4 is 5.69 Å². The first-order valence-corrected chi connectivity index (χ1v) is 5.89. The van der Waals surface area contributed by atoms with Gasteiger partial charge in [0.05, 0.1) is 4.92 Å². The Morgan fingerprint density at radius 3 is 2.61 bits per heavy atom. The van der Waals surface area contributed by atoms with E-state index in [0.29, 0.717) is 12.2 Å². The molecule has 0 aliphatic carbocycles. The van der Waals surface area contributed by atoms with E-state index in [1.165, 1.54) is 4.68 Å². The Kier molecular flexibility index (Phi) is 4.28. The lowest BCUT2D eigenvalue weighted by molar-refractivity contribution is -0.386. The van der Waals surface area contributed by atoms with Gasteiger partial charge in [0.25, 0.3) is 5.88 Å². The van der Waals surface area contributed by atoms with Crippen molar-refractivity contribution < 1.29 is 9.66 Å². The van der Waals surface area contributed by atoms with Crippen molar-refractivity contribution in [2.45, 2.75) is 46.2 Å². The summed E-state index contributed by atoms with van der Waals surface area (Å²) in [6, 6.07) is 0. The second-order valence-corrected chi connectivity index (χ2v) is 5.00. The average molecular weight is 256 g/mol. The third-order valence-corrected chi connectivity index (χ3v) is 2.25. The number of aromatic nitrogens is 2. The van der Waals surface area contributed by atoms with E-state index < -0.39 is 10.5 Å². The van der Waals surface area contributed by atoms with Crippen LogP contribution in [0.2, 0.25) is 0 Å². The van der Waals surface area contributed by atoms with Crippen LogP contribution in [0.3, 0.4) is 0 Å². The van der Waals surface area contributed by atoms with Crippen molar-refractivity contribution in [2.75, 3.05) is 6.61 Å². The minimum atomic E-state index is -0.552. The molecule has 1 aromatic rings. The summed E-state index contributed by atoms with van der Waals surface area (Å²) < 4.78 is 7.03. The van der Waals surface area contributed by atoms with Gasteiger partial charge in [-0.05, 0) is 27.2 Å². The molecule has 1 aromatic heterocycles. The van der Waals surface area contributed by atoms with Crippen LogP contribution in [0, 0.1) is 17.0 Å². The Labute approximate surface area is 106 Å². The Morgan fingerprint density at radius 2 is 2.17 bits per heavy atom.